The molecule has 10 nitrogen and oxygen atoms in total. The Labute approximate surface area is 178 Å². The summed E-state index contributed by atoms with van der Waals surface area (Å²) >= 11 is 0. The van der Waals surface area contributed by atoms with Crippen LogP contribution in [-0.2, 0) is 23.1 Å². The Morgan fingerprint density at radius 1 is 1.16 bits per heavy atom. The maximum absolute atomic E-state index is 12.9. The molecule has 1 saturated heterocycles. The molecule has 0 saturated carbocycles. The van der Waals surface area contributed by atoms with E-state index in [4.69, 9.17) is 4.74 Å². The number of hydrogen-bond acceptors (Lipinski definition) is 7. The van der Waals surface area contributed by atoms with Gasteiger partial charge in [0.05, 0.1) is 13.2 Å². The minimum absolute atomic E-state index is 0.183. The van der Waals surface area contributed by atoms with E-state index in [1.54, 1.807) is 0 Å². The summed E-state index contributed by atoms with van der Waals surface area (Å²) in [5, 5.41) is 2.95. The number of nitrogens with zero attached hydrogens (tertiary/aromatic N) is 5. The highest BCUT2D eigenvalue weighted by Gasteiger charge is 2.16. The fourth-order valence-electron chi connectivity index (χ4n) is 3.53. The normalized spacial score (nSPS) is 14.6. The average Bonchev–Trinajstić information content (AvgIpc) is 2.81. The van der Waals surface area contributed by atoms with E-state index < -0.39 is 17.2 Å². The van der Waals surface area contributed by atoms with Gasteiger partial charge in [0.15, 0.2) is 11.5 Å². The van der Waals surface area contributed by atoms with Crippen LogP contribution in [0.4, 0.5) is 0 Å². The Balaban J connectivity index is 1.53. The topological polar surface area (TPSA) is 111 Å². The number of hydrogen-bond donors (Lipinski definition) is 1. The molecule has 31 heavy (non-hydrogen) atoms. The molecule has 3 aromatic rings. The first-order valence-corrected chi connectivity index (χ1v) is 10.1. The third kappa shape index (κ3) is 4.54. The van der Waals surface area contributed by atoms with Gasteiger partial charge in [-0.3, -0.25) is 23.6 Å². The number of carbonyl (C=O) groups is 1. The van der Waals surface area contributed by atoms with Gasteiger partial charge in [0.2, 0.25) is 5.91 Å². The van der Waals surface area contributed by atoms with Gasteiger partial charge in [0, 0.05) is 45.0 Å². The fraction of sp³-hybridized carbons (Fsp3) is 0.381. The van der Waals surface area contributed by atoms with Gasteiger partial charge >= 0.3 is 5.69 Å². The number of ether oxygens (including phenoxy) is 1. The number of carbonyl (C=O) groups excluding carboxylic acids is 1. The van der Waals surface area contributed by atoms with Crippen molar-refractivity contribution >= 4 is 16.9 Å². The average molecular weight is 424 g/mol. The Morgan fingerprint density at radius 2 is 1.90 bits per heavy atom. The van der Waals surface area contributed by atoms with E-state index in [2.05, 4.69) is 20.2 Å². The third-order valence-electron chi connectivity index (χ3n) is 5.27. The lowest BCUT2D eigenvalue weighted by atomic mass is 10.2. The molecule has 1 N–H and O–H groups in total. The number of amides is 1. The summed E-state index contributed by atoms with van der Waals surface area (Å²) in [6.45, 7) is 3.79. The van der Waals surface area contributed by atoms with Gasteiger partial charge in [-0.2, -0.15) is 0 Å². The molecule has 1 aromatic carbocycles. The molecular formula is C21H24N6O4. The van der Waals surface area contributed by atoms with E-state index in [-0.39, 0.29) is 17.6 Å². The minimum Gasteiger partial charge on any atom is -0.379 e. The van der Waals surface area contributed by atoms with E-state index in [0.717, 1.165) is 23.2 Å². The van der Waals surface area contributed by atoms with Crippen LogP contribution >= 0.6 is 0 Å². The highest BCUT2D eigenvalue weighted by Crippen LogP contribution is 2.15. The van der Waals surface area contributed by atoms with E-state index >= 15 is 0 Å². The van der Waals surface area contributed by atoms with Crippen LogP contribution in [0.3, 0.4) is 0 Å². The van der Waals surface area contributed by atoms with Crippen molar-refractivity contribution in [3.05, 3.63) is 57.4 Å². The van der Waals surface area contributed by atoms with Crippen molar-refractivity contribution in [2.24, 2.45) is 7.05 Å². The zero-order valence-electron chi connectivity index (χ0n) is 17.3. The first-order valence-electron chi connectivity index (χ1n) is 10.1. The summed E-state index contributed by atoms with van der Waals surface area (Å²) < 4.78 is 7.48. The molecule has 1 fully saturated rings. The quantitative estimate of drug-likeness (QED) is 0.573. The van der Waals surface area contributed by atoms with Gasteiger partial charge in [-0.25, -0.2) is 14.8 Å². The molecule has 0 radical (unpaired) electrons. The summed E-state index contributed by atoms with van der Waals surface area (Å²) in [4.78, 5) is 48.9. The molecule has 10 heteroatoms. The van der Waals surface area contributed by atoms with Crippen molar-refractivity contribution in [1.29, 1.82) is 0 Å². The second-order valence-electron chi connectivity index (χ2n) is 7.33. The largest absolute Gasteiger partial charge is 0.379 e. The maximum Gasteiger partial charge on any atom is 0.332 e. The van der Waals surface area contributed by atoms with Crippen molar-refractivity contribution < 1.29 is 9.53 Å². The number of aromatic nitrogens is 4. The van der Waals surface area contributed by atoms with Gasteiger partial charge in [0.25, 0.3) is 5.56 Å². The fourth-order valence-corrected chi connectivity index (χ4v) is 3.53. The Kier molecular flexibility index (Phi) is 6.19. The monoisotopic (exact) mass is 424 g/mol. The molecule has 4 rings (SSSR count). The highest BCUT2D eigenvalue weighted by molar-refractivity contribution is 5.78. The standard InChI is InChI=1S/C21H24N6O4/c1-25-19-16(13-23-18(24-19)15-5-3-2-4-6-15)20(29)27(21(25)30)14-17(28)22-7-8-26-9-11-31-12-10-26/h2-6,13H,7-12,14H2,1H3,(H,22,28). The van der Waals surface area contributed by atoms with Crippen LogP contribution in [0.1, 0.15) is 0 Å². The lowest BCUT2D eigenvalue weighted by molar-refractivity contribution is -0.121. The van der Waals surface area contributed by atoms with Crippen LogP contribution in [0.5, 0.6) is 0 Å². The molecular weight excluding hydrogens is 400 g/mol. The van der Waals surface area contributed by atoms with E-state index in [1.807, 2.05) is 30.3 Å². The molecule has 3 heterocycles. The van der Waals surface area contributed by atoms with Gasteiger partial charge in [-0.1, -0.05) is 30.3 Å². The van der Waals surface area contributed by atoms with E-state index in [0.29, 0.717) is 32.1 Å². The van der Waals surface area contributed by atoms with Gasteiger partial charge in [0.1, 0.15) is 11.9 Å². The second-order valence-corrected chi connectivity index (χ2v) is 7.33. The molecule has 0 aliphatic carbocycles. The van der Waals surface area contributed by atoms with E-state index in [9.17, 15) is 14.4 Å². The number of morpholine rings is 1. The molecule has 162 valence electrons. The summed E-state index contributed by atoms with van der Waals surface area (Å²) in [6, 6.07) is 9.30. The zero-order valence-corrected chi connectivity index (χ0v) is 17.3. The van der Waals surface area contributed by atoms with Gasteiger partial charge < -0.3 is 10.1 Å². The molecule has 1 aliphatic rings. The predicted molar refractivity (Wildman–Crippen MR) is 115 cm³/mol. The van der Waals surface area contributed by atoms with Crippen LogP contribution in [-0.4, -0.2) is 69.3 Å². The molecule has 2 aromatic heterocycles. The zero-order chi connectivity index (χ0) is 21.8. The highest BCUT2D eigenvalue weighted by atomic mass is 16.5. The number of rotatable bonds is 6. The van der Waals surface area contributed by atoms with Crippen LogP contribution in [0, 0.1) is 0 Å². The summed E-state index contributed by atoms with van der Waals surface area (Å²) in [5.74, 6) is 0.0229. The predicted octanol–water partition coefficient (Wildman–Crippen LogP) is -0.394. The van der Waals surface area contributed by atoms with E-state index in [1.165, 1.54) is 17.8 Å². The Morgan fingerprint density at radius 3 is 2.65 bits per heavy atom. The molecule has 1 amide bonds. The smallest absolute Gasteiger partial charge is 0.332 e. The Hall–Kier alpha value is -3.37. The molecule has 0 bridgehead atoms. The van der Waals surface area contributed by atoms with Crippen molar-refractivity contribution in [2.45, 2.75) is 6.54 Å². The third-order valence-corrected chi connectivity index (χ3v) is 5.27. The Bertz CT molecular complexity index is 1200. The summed E-state index contributed by atoms with van der Waals surface area (Å²) in [7, 11) is 1.53. The van der Waals surface area contributed by atoms with Crippen molar-refractivity contribution in [1.82, 2.24) is 29.3 Å². The molecule has 0 spiro atoms. The maximum atomic E-state index is 12.9. The first-order chi connectivity index (χ1) is 15.0. The SMILES string of the molecule is Cn1c(=O)n(CC(=O)NCCN2CCOCC2)c(=O)c2cnc(-c3ccccc3)nc21. The van der Waals surface area contributed by atoms with Crippen molar-refractivity contribution in [3.63, 3.8) is 0 Å². The molecule has 0 unspecified atom stereocenters. The molecule has 0 atom stereocenters. The van der Waals surface area contributed by atoms with Crippen LogP contribution < -0.4 is 16.6 Å². The summed E-state index contributed by atoms with van der Waals surface area (Å²) in [6.07, 6.45) is 1.40. The minimum atomic E-state index is -0.599. The van der Waals surface area contributed by atoms with Gasteiger partial charge in [-0.15, -0.1) is 0 Å². The lowest BCUT2D eigenvalue weighted by Gasteiger charge is -2.26. The van der Waals surface area contributed by atoms with Crippen molar-refractivity contribution in [2.75, 3.05) is 39.4 Å². The number of aryl methyl sites for hydroxylation is 1. The van der Waals surface area contributed by atoms with Gasteiger partial charge in [-0.05, 0) is 0 Å². The second kappa shape index (κ2) is 9.19. The number of fused-ring (bicyclic) bond motifs is 1. The first kappa shape index (κ1) is 20.9. The van der Waals surface area contributed by atoms with Crippen LogP contribution in [0.15, 0.2) is 46.1 Å². The van der Waals surface area contributed by atoms with Crippen molar-refractivity contribution in [3.8, 4) is 11.4 Å². The summed E-state index contributed by atoms with van der Waals surface area (Å²) in [5.41, 5.74) is -0.173. The lowest BCUT2D eigenvalue weighted by Crippen LogP contribution is -2.45. The number of benzene rings is 1. The van der Waals surface area contributed by atoms with Crippen LogP contribution in [0.25, 0.3) is 22.4 Å². The number of nitrogens with one attached hydrogen (secondary N) is 1. The van der Waals surface area contributed by atoms with Crippen LogP contribution in [0.2, 0.25) is 0 Å². The molecule has 1 aliphatic heterocycles.